The topological polar surface area (TPSA) is 38.5 Å². The summed E-state index contributed by atoms with van der Waals surface area (Å²) in [7, 11) is 2.17. The largest absolute Gasteiger partial charge is 0.381 e. The van der Waals surface area contributed by atoms with Gasteiger partial charge in [0.05, 0.1) is 6.61 Å². The van der Waals surface area contributed by atoms with Crippen LogP contribution in [0.15, 0.2) is 30.3 Å². The fourth-order valence-corrected chi connectivity index (χ4v) is 2.85. The number of nitrogens with two attached hydrogens (primary N) is 1. The van der Waals surface area contributed by atoms with Crippen LogP contribution in [0.5, 0.6) is 0 Å². The third-order valence-electron chi connectivity index (χ3n) is 3.71. The molecule has 0 saturated carbocycles. The Labute approximate surface area is 116 Å². The normalized spacial score (nSPS) is 21.5. The monoisotopic (exact) mass is 262 g/mol. The minimum Gasteiger partial charge on any atom is -0.381 e. The molecular formula is C16H26N2O. The van der Waals surface area contributed by atoms with E-state index < -0.39 is 0 Å². The first kappa shape index (κ1) is 14.5. The molecule has 0 aromatic heterocycles. The lowest BCUT2D eigenvalue weighted by molar-refractivity contribution is 0.0414. The predicted molar refractivity (Wildman–Crippen MR) is 79.2 cm³/mol. The molecule has 2 N–H and O–H groups in total. The van der Waals surface area contributed by atoms with Gasteiger partial charge in [0.15, 0.2) is 0 Å². The summed E-state index contributed by atoms with van der Waals surface area (Å²) in [6, 6.07) is 10.7. The van der Waals surface area contributed by atoms with Crippen molar-refractivity contribution >= 4 is 0 Å². The molecule has 1 aromatic rings. The highest BCUT2D eigenvalue weighted by Gasteiger charge is 2.17. The summed E-state index contributed by atoms with van der Waals surface area (Å²) in [5.41, 5.74) is 7.56. The van der Waals surface area contributed by atoms with Crippen LogP contribution < -0.4 is 5.73 Å². The maximum Gasteiger partial charge on any atom is 0.0506 e. The second kappa shape index (κ2) is 7.63. The van der Waals surface area contributed by atoms with Gasteiger partial charge in [-0.05, 0) is 37.8 Å². The Balaban J connectivity index is 1.70. The van der Waals surface area contributed by atoms with Gasteiger partial charge in [-0.2, -0.15) is 0 Å². The molecule has 0 amide bonds. The molecule has 0 bridgehead atoms. The van der Waals surface area contributed by atoms with E-state index in [1.54, 1.807) is 0 Å². The molecule has 1 saturated heterocycles. The Kier molecular flexibility index (Phi) is 5.83. The maximum absolute atomic E-state index is 6.24. The smallest absolute Gasteiger partial charge is 0.0506 e. The lowest BCUT2D eigenvalue weighted by Gasteiger charge is -2.28. The van der Waals surface area contributed by atoms with Crippen molar-refractivity contribution < 1.29 is 4.74 Å². The zero-order valence-electron chi connectivity index (χ0n) is 11.9. The van der Waals surface area contributed by atoms with Crippen LogP contribution in [-0.2, 0) is 11.2 Å². The van der Waals surface area contributed by atoms with Crippen molar-refractivity contribution in [3.63, 3.8) is 0 Å². The molecule has 19 heavy (non-hydrogen) atoms. The molecular weight excluding hydrogens is 236 g/mol. The molecule has 0 spiro atoms. The van der Waals surface area contributed by atoms with E-state index in [-0.39, 0.29) is 6.04 Å². The molecule has 2 atom stereocenters. The van der Waals surface area contributed by atoms with E-state index in [2.05, 4.69) is 36.2 Å². The molecule has 2 rings (SSSR count). The highest BCUT2D eigenvalue weighted by molar-refractivity contribution is 5.15. The van der Waals surface area contributed by atoms with Crippen LogP contribution in [0, 0.1) is 5.92 Å². The van der Waals surface area contributed by atoms with Crippen LogP contribution in [0.2, 0.25) is 0 Å². The number of nitrogens with zero attached hydrogens (tertiary/aromatic N) is 1. The standard InChI is InChI=1S/C16H26N2O/c1-18(11-15-8-5-9-19-13-15)12-16(17)10-14-6-3-2-4-7-14/h2-4,6-7,15-16H,5,8-13,17H2,1H3. The second-order valence-corrected chi connectivity index (χ2v) is 5.75. The average Bonchev–Trinajstić information content (AvgIpc) is 2.40. The van der Waals surface area contributed by atoms with E-state index in [0.717, 1.165) is 32.7 Å². The third-order valence-corrected chi connectivity index (χ3v) is 3.71. The van der Waals surface area contributed by atoms with Gasteiger partial charge < -0.3 is 15.4 Å². The Morgan fingerprint density at radius 2 is 2.16 bits per heavy atom. The van der Waals surface area contributed by atoms with Gasteiger partial charge in [-0.3, -0.25) is 0 Å². The molecule has 106 valence electrons. The second-order valence-electron chi connectivity index (χ2n) is 5.75. The molecule has 3 heteroatoms. The van der Waals surface area contributed by atoms with Crippen molar-refractivity contribution in [1.29, 1.82) is 0 Å². The van der Waals surface area contributed by atoms with Gasteiger partial charge in [0.1, 0.15) is 0 Å². The first-order valence-corrected chi connectivity index (χ1v) is 7.30. The van der Waals surface area contributed by atoms with Crippen LogP contribution in [-0.4, -0.2) is 44.3 Å². The fourth-order valence-electron chi connectivity index (χ4n) is 2.85. The van der Waals surface area contributed by atoms with Gasteiger partial charge >= 0.3 is 0 Å². The number of hydrogen-bond acceptors (Lipinski definition) is 3. The maximum atomic E-state index is 6.24. The number of hydrogen-bond donors (Lipinski definition) is 1. The van der Waals surface area contributed by atoms with Crippen LogP contribution in [0.4, 0.5) is 0 Å². The number of benzene rings is 1. The summed E-state index contributed by atoms with van der Waals surface area (Å²) in [6.07, 6.45) is 3.44. The summed E-state index contributed by atoms with van der Waals surface area (Å²) in [5.74, 6) is 0.683. The minimum atomic E-state index is 0.205. The van der Waals surface area contributed by atoms with Crippen LogP contribution >= 0.6 is 0 Å². The summed E-state index contributed by atoms with van der Waals surface area (Å²) in [5, 5.41) is 0. The SMILES string of the molecule is CN(CC(N)Cc1ccccc1)CC1CCCOC1. The summed E-state index contributed by atoms with van der Waals surface area (Å²) in [6.45, 7) is 3.90. The Bertz CT molecular complexity index is 349. The molecule has 1 aliphatic rings. The van der Waals surface area contributed by atoms with Crippen molar-refractivity contribution in [3.05, 3.63) is 35.9 Å². The molecule has 1 aliphatic heterocycles. The first-order chi connectivity index (χ1) is 9.24. The highest BCUT2D eigenvalue weighted by Crippen LogP contribution is 2.14. The lowest BCUT2D eigenvalue weighted by atomic mass is 10.0. The number of ether oxygens (including phenoxy) is 1. The zero-order chi connectivity index (χ0) is 13.5. The highest BCUT2D eigenvalue weighted by atomic mass is 16.5. The van der Waals surface area contributed by atoms with E-state index in [9.17, 15) is 0 Å². The Morgan fingerprint density at radius 3 is 2.84 bits per heavy atom. The van der Waals surface area contributed by atoms with E-state index >= 15 is 0 Å². The van der Waals surface area contributed by atoms with Crippen molar-refractivity contribution in [2.75, 3.05) is 33.4 Å². The molecule has 1 aromatic carbocycles. The van der Waals surface area contributed by atoms with Gasteiger partial charge in [-0.15, -0.1) is 0 Å². The van der Waals surface area contributed by atoms with Crippen LogP contribution in [0.3, 0.4) is 0 Å². The van der Waals surface area contributed by atoms with E-state index in [1.807, 2.05) is 6.07 Å². The third kappa shape index (κ3) is 5.31. The number of likely N-dealkylation sites (N-methyl/N-ethyl adjacent to an activating group) is 1. The Morgan fingerprint density at radius 1 is 1.37 bits per heavy atom. The summed E-state index contributed by atoms with van der Waals surface area (Å²) < 4.78 is 5.53. The molecule has 1 heterocycles. The minimum absolute atomic E-state index is 0.205. The van der Waals surface area contributed by atoms with Gasteiger partial charge in [-0.1, -0.05) is 30.3 Å². The van der Waals surface area contributed by atoms with Crippen molar-refractivity contribution in [2.24, 2.45) is 11.7 Å². The van der Waals surface area contributed by atoms with Crippen molar-refractivity contribution in [3.8, 4) is 0 Å². The lowest BCUT2D eigenvalue weighted by Crippen LogP contribution is -2.40. The molecule has 0 aliphatic carbocycles. The molecule has 2 unspecified atom stereocenters. The van der Waals surface area contributed by atoms with E-state index in [1.165, 1.54) is 18.4 Å². The van der Waals surface area contributed by atoms with Crippen LogP contribution in [0.1, 0.15) is 18.4 Å². The van der Waals surface area contributed by atoms with Gasteiger partial charge in [0, 0.05) is 25.7 Å². The first-order valence-electron chi connectivity index (χ1n) is 7.30. The quantitative estimate of drug-likeness (QED) is 0.851. The molecule has 1 fully saturated rings. The van der Waals surface area contributed by atoms with Gasteiger partial charge in [-0.25, -0.2) is 0 Å². The molecule has 0 radical (unpaired) electrons. The summed E-state index contributed by atoms with van der Waals surface area (Å²) in [4.78, 5) is 2.35. The summed E-state index contributed by atoms with van der Waals surface area (Å²) >= 11 is 0. The number of rotatable bonds is 6. The van der Waals surface area contributed by atoms with Gasteiger partial charge in [0.25, 0.3) is 0 Å². The zero-order valence-corrected chi connectivity index (χ0v) is 11.9. The fraction of sp³-hybridized carbons (Fsp3) is 0.625. The predicted octanol–water partition coefficient (Wildman–Crippen LogP) is 1.91. The average molecular weight is 262 g/mol. The van der Waals surface area contributed by atoms with E-state index in [0.29, 0.717) is 5.92 Å². The molecule has 3 nitrogen and oxygen atoms in total. The van der Waals surface area contributed by atoms with Crippen LogP contribution in [0.25, 0.3) is 0 Å². The Hall–Kier alpha value is -0.900. The van der Waals surface area contributed by atoms with E-state index in [4.69, 9.17) is 10.5 Å². The van der Waals surface area contributed by atoms with Gasteiger partial charge in [0.2, 0.25) is 0 Å². The van der Waals surface area contributed by atoms with Crippen molar-refractivity contribution in [2.45, 2.75) is 25.3 Å². The van der Waals surface area contributed by atoms with Crippen molar-refractivity contribution in [1.82, 2.24) is 4.90 Å².